The fourth-order valence-corrected chi connectivity index (χ4v) is 3.62. The van der Waals surface area contributed by atoms with E-state index in [0.717, 1.165) is 25.1 Å². The van der Waals surface area contributed by atoms with Crippen LogP contribution >= 0.6 is 0 Å². The van der Waals surface area contributed by atoms with Gasteiger partial charge in [0.2, 0.25) is 11.8 Å². The molecule has 0 radical (unpaired) electrons. The number of carbonyl (C=O) groups excluding carboxylic acids is 2. The number of para-hydroxylation sites is 2. The summed E-state index contributed by atoms with van der Waals surface area (Å²) in [4.78, 5) is 28.9. The SMILES string of the molecule is COc1ccccc1N1CC(C(=O)N2CCCCC2C)CC1=O. The number of hydrogen-bond acceptors (Lipinski definition) is 3. The molecule has 2 aliphatic rings. The third-order valence-corrected chi connectivity index (χ3v) is 4.94. The van der Waals surface area contributed by atoms with Crippen LogP contribution in [0.25, 0.3) is 0 Å². The van der Waals surface area contributed by atoms with Gasteiger partial charge in [0.25, 0.3) is 0 Å². The zero-order valence-electron chi connectivity index (χ0n) is 13.8. The third-order valence-electron chi connectivity index (χ3n) is 4.94. The second-order valence-electron chi connectivity index (χ2n) is 6.45. The second-order valence-corrected chi connectivity index (χ2v) is 6.45. The van der Waals surface area contributed by atoms with Gasteiger partial charge in [0.15, 0.2) is 0 Å². The molecule has 0 aliphatic carbocycles. The summed E-state index contributed by atoms with van der Waals surface area (Å²) in [6.45, 7) is 3.37. The van der Waals surface area contributed by atoms with Crippen molar-refractivity contribution < 1.29 is 14.3 Å². The van der Waals surface area contributed by atoms with E-state index in [1.807, 2.05) is 29.2 Å². The Bertz CT molecular complexity index is 602. The number of hydrogen-bond donors (Lipinski definition) is 0. The van der Waals surface area contributed by atoms with Crippen LogP contribution in [0.2, 0.25) is 0 Å². The number of benzene rings is 1. The topological polar surface area (TPSA) is 49.9 Å². The van der Waals surface area contributed by atoms with Gasteiger partial charge in [0.1, 0.15) is 5.75 Å². The van der Waals surface area contributed by atoms with Crippen molar-refractivity contribution in [2.45, 2.75) is 38.6 Å². The molecule has 0 bridgehead atoms. The highest BCUT2D eigenvalue weighted by molar-refractivity contribution is 6.01. The smallest absolute Gasteiger partial charge is 0.228 e. The Morgan fingerprint density at radius 3 is 2.78 bits per heavy atom. The molecule has 2 saturated heterocycles. The summed E-state index contributed by atoms with van der Waals surface area (Å²) in [7, 11) is 1.59. The lowest BCUT2D eigenvalue weighted by molar-refractivity contribution is -0.139. The number of likely N-dealkylation sites (tertiary alicyclic amines) is 1. The highest BCUT2D eigenvalue weighted by Gasteiger charge is 2.39. The summed E-state index contributed by atoms with van der Waals surface area (Å²) in [5, 5.41) is 0. The van der Waals surface area contributed by atoms with Crippen molar-refractivity contribution in [1.82, 2.24) is 4.90 Å². The van der Waals surface area contributed by atoms with Crippen molar-refractivity contribution in [3.05, 3.63) is 24.3 Å². The Labute approximate surface area is 137 Å². The molecular formula is C18H24N2O3. The number of ether oxygens (including phenoxy) is 1. The Morgan fingerprint density at radius 1 is 1.26 bits per heavy atom. The minimum Gasteiger partial charge on any atom is -0.495 e. The van der Waals surface area contributed by atoms with E-state index in [0.29, 0.717) is 18.7 Å². The van der Waals surface area contributed by atoms with Crippen LogP contribution in [0.4, 0.5) is 5.69 Å². The zero-order chi connectivity index (χ0) is 16.4. The minimum atomic E-state index is -0.243. The molecule has 23 heavy (non-hydrogen) atoms. The van der Waals surface area contributed by atoms with Gasteiger partial charge in [0.05, 0.1) is 18.7 Å². The van der Waals surface area contributed by atoms with Gasteiger partial charge in [-0.3, -0.25) is 9.59 Å². The first-order chi connectivity index (χ1) is 11.1. The standard InChI is InChI=1S/C18H24N2O3/c1-13-7-5-6-10-19(13)18(22)14-11-17(21)20(12-14)15-8-3-4-9-16(15)23-2/h3-4,8-9,13-14H,5-7,10-12H2,1-2H3. The molecule has 0 N–H and O–H groups in total. The van der Waals surface area contributed by atoms with Gasteiger partial charge in [-0.15, -0.1) is 0 Å². The largest absolute Gasteiger partial charge is 0.495 e. The molecule has 1 aromatic rings. The van der Waals surface area contributed by atoms with Gasteiger partial charge in [-0.2, -0.15) is 0 Å². The van der Waals surface area contributed by atoms with Crippen molar-refractivity contribution >= 4 is 17.5 Å². The molecule has 124 valence electrons. The zero-order valence-corrected chi connectivity index (χ0v) is 13.8. The molecule has 2 heterocycles. The molecule has 2 amide bonds. The van der Waals surface area contributed by atoms with Crippen LogP contribution in [0.5, 0.6) is 5.75 Å². The normalized spacial score (nSPS) is 24.9. The maximum atomic E-state index is 12.8. The molecule has 2 unspecified atom stereocenters. The molecule has 5 heteroatoms. The first kappa shape index (κ1) is 15.8. The van der Waals surface area contributed by atoms with Gasteiger partial charge in [-0.1, -0.05) is 12.1 Å². The van der Waals surface area contributed by atoms with E-state index < -0.39 is 0 Å². The van der Waals surface area contributed by atoms with Crippen LogP contribution in [-0.4, -0.2) is 43.0 Å². The number of nitrogens with zero attached hydrogens (tertiary/aromatic N) is 2. The van der Waals surface area contributed by atoms with E-state index in [-0.39, 0.29) is 23.8 Å². The Balaban J connectivity index is 1.75. The van der Waals surface area contributed by atoms with Crippen LogP contribution in [0, 0.1) is 5.92 Å². The first-order valence-corrected chi connectivity index (χ1v) is 8.35. The lowest BCUT2D eigenvalue weighted by Crippen LogP contribution is -2.45. The van der Waals surface area contributed by atoms with Crippen LogP contribution < -0.4 is 9.64 Å². The molecule has 2 fully saturated rings. The van der Waals surface area contributed by atoms with Crippen molar-refractivity contribution in [2.75, 3.05) is 25.1 Å². The fraction of sp³-hybridized carbons (Fsp3) is 0.556. The number of methoxy groups -OCH3 is 1. The highest BCUT2D eigenvalue weighted by atomic mass is 16.5. The molecule has 0 saturated carbocycles. The van der Waals surface area contributed by atoms with Gasteiger partial charge in [-0.25, -0.2) is 0 Å². The summed E-state index contributed by atoms with van der Waals surface area (Å²) in [6.07, 6.45) is 3.59. The lowest BCUT2D eigenvalue weighted by Gasteiger charge is -2.35. The van der Waals surface area contributed by atoms with Crippen LogP contribution in [0.3, 0.4) is 0 Å². The summed E-state index contributed by atoms with van der Waals surface area (Å²) in [6, 6.07) is 7.75. The number of rotatable bonds is 3. The Morgan fingerprint density at radius 2 is 2.04 bits per heavy atom. The summed E-state index contributed by atoms with van der Waals surface area (Å²) >= 11 is 0. The molecule has 2 atom stereocenters. The molecule has 3 rings (SSSR count). The maximum absolute atomic E-state index is 12.8. The Kier molecular flexibility index (Phi) is 4.55. The predicted molar refractivity (Wildman–Crippen MR) is 88.5 cm³/mol. The summed E-state index contributed by atoms with van der Waals surface area (Å²) in [5.74, 6) is 0.550. The van der Waals surface area contributed by atoms with Gasteiger partial charge < -0.3 is 14.5 Å². The number of amides is 2. The Hall–Kier alpha value is -2.04. The number of anilines is 1. The molecule has 5 nitrogen and oxygen atoms in total. The third kappa shape index (κ3) is 3.05. The van der Waals surface area contributed by atoms with E-state index in [9.17, 15) is 9.59 Å². The first-order valence-electron chi connectivity index (χ1n) is 8.35. The van der Waals surface area contributed by atoms with E-state index in [1.54, 1.807) is 12.0 Å². The quantitative estimate of drug-likeness (QED) is 0.860. The van der Waals surface area contributed by atoms with Crippen LogP contribution in [0.15, 0.2) is 24.3 Å². The molecular weight excluding hydrogens is 292 g/mol. The number of piperidine rings is 1. The lowest BCUT2D eigenvalue weighted by atomic mass is 9.99. The number of carbonyl (C=O) groups is 2. The predicted octanol–water partition coefficient (Wildman–Crippen LogP) is 2.45. The fourth-order valence-electron chi connectivity index (χ4n) is 3.62. The maximum Gasteiger partial charge on any atom is 0.228 e. The molecule has 1 aromatic carbocycles. The van der Waals surface area contributed by atoms with Gasteiger partial charge >= 0.3 is 0 Å². The van der Waals surface area contributed by atoms with Crippen molar-refractivity contribution in [2.24, 2.45) is 5.92 Å². The van der Waals surface area contributed by atoms with E-state index in [1.165, 1.54) is 6.42 Å². The van der Waals surface area contributed by atoms with Crippen molar-refractivity contribution in [3.8, 4) is 5.75 Å². The molecule has 0 aromatic heterocycles. The minimum absolute atomic E-state index is 0.00230. The van der Waals surface area contributed by atoms with Crippen molar-refractivity contribution in [3.63, 3.8) is 0 Å². The highest BCUT2D eigenvalue weighted by Crippen LogP contribution is 2.33. The van der Waals surface area contributed by atoms with E-state index in [4.69, 9.17) is 4.74 Å². The van der Waals surface area contributed by atoms with Crippen molar-refractivity contribution in [1.29, 1.82) is 0 Å². The average Bonchev–Trinajstić information content (AvgIpc) is 2.96. The monoisotopic (exact) mass is 316 g/mol. The van der Waals surface area contributed by atoms with Gasteiger partial charge in [0, 0.05) is 25.6 Å². The van der Waals surface area contributed by atoms with E-state index >= 15 is 0 Å². The summed E-state index contributed by atoms with van der Waals surface area (Å²) in [5.41, 5.74) is 0.752. The molecule has 2 aliphatic heterocycles. The summed E-state index contributed by atoms with van der Waals surface area (Å²) < 4.78 is 5.35. The van der Waals surface area contributed by atoms with Crippen LogP contribution in [0.1, 0.15) is 32.6 Å². The second kappa shape index (κ2) is 6.60. The van der Waals surface area contributed by atoms with Crippen LogP contribution in [-0.2, 0) is 9.59 Å². The average molecular weight is 316 g/mol. The van der Waals surface area contributed by atoms with E-state index in [2.05, 4.69) is 6.92 Å². The molecule has 0 spiro atoms. The van der Waals surface area contributed by atoms with Gasteiger partial charge in [-0.05, 0) is 38.3 Å².